The van der Waals surface area contributed by atoms with Gasteiger partial charge < -0.3 is 15.1 Å². The van der Waals surface area contributed by atoms with E-state index in [1.54, 1.807) is 12.3 Å². The van der Waals surface area contributed by atoms with Gasteiger partial charge in [-0.15, -0.1) is 22.6 Å². The first-order chi connectivity index (χ1) is 9.81. The summed E-state index contributed by atoms with van der Waals surface area (Å²) in [6, 6.07) is 3.61. The van der Waals surface area contributed by atoms with Gasteiger partial charge in [-0.1, -0.05) is 11.3 Å². The van der Waals surface area contributed by atoms with Crippen LogP contribution in [-0.2, 0) is 4.79 Å². The summed E-state index contributed by atoms with van der Waals surface area (Å²) >= 11 is 1.32. The molecule has 114 valence electrons. The lowest BCUT2D eigenvalue weighted by molar-refractivity contribution is -0.116. The molecule has 21 heavy (non-hydrogen) atoms. The summed E-state index contributed by atoms with van der Waals surface area (Å²) in [5.74, 6) is 1.29. The van der Waals surface area contributed by atoms with Gasteiger partial charge >= 0.3 is 0 Å². The van der Waals surface area contributed by atoms with E-state index in [4.69, 9.17) is 4.42 Å². The van der Waals surface area contributed by atoms with Gasteiger partial charge in [0.2, 0.25) is 11.0 Å². The van der Waals surface area contributed by atoms with Crippen molar-refractivity contribution in [3.63, 3.8) is 0 Å². The summed E-state index contributed by atoms with van der Waals surface area (Å²) < 4.78 is 5.24. The van der Waals surface area contributed by atoms with E-state index in [2.05, 4.69) is 20.8 Å². The molecular formula is C13H17ClN4O2S. The highest BCUT2D eigenvalue weighted by atomic mass is 35.5. The number of rotatable bonds is 5. The molecule has 0 radical (unpaired) electrons. The van der Waals surface area contributed by atoms with Crippen molar-refractivity contribution in [2.75, 3.05) is 18.4 Å². The molecule has 2 aromatic rings. The van der Waals surface area contributed by atoms with Crippen LogP contribution in [0, 0.1) is 5.92 Å². The van der Waals surface area contributed by atoms with Crippen LogP contribution in [0.2, 0.25) is 0 Å². The Kier molecular flexibility index (Phi) is 5.72. The van der Waals surface area contributed by atoms with Crippen molar-refractivity contribution in [1.82, 2.24) is 15.5 Å². The number of nitrogens with one attached hydrogen (secondary N) is 2. The molecule has 3 heterocycles. The lowest BCUT2D eigenvalue weighted by Gasteiger charge is -2.06. The first-order valence-electron chi connectivity index (χ1n) is 6.69. The second-order valence-electron chi connectivity index (χ2n) is 4.84. The van der Waals surface area contributed by atoms with Crippen LogP contribution in [0.1, 0.15) is 19.3 Å². The van der Waals surface area contributed by atoms with Crippen LogP contribution >= 0.6 is 23.7 Å². The zero-order valence-corrected chi connectivity index (χ0v) is 13.0. The molecule has 1 aliphatic heterocycles. The second-order valence-corrected chi connectivity index (χ2v) is 5.81. The van der Waals surface area contributed by atoms with Gasteiger partial charge in [-0.3, -0.25) is 4.79 Å². The number of carbonyl (C=O) groups excluding carboxylic acids is 1. The Morgan fingerprint density at radius 3 is 3.14 bits per heavy atom. The van der Waals surface area contributed by atoms with Crippen LogP contribution in [0.3, 0.4) is 0 Å². The van der Waals surface area contributed by atoms with E-state index in [0.717, 1.165) is 25.9 Å². The molecular weight excluding hydrogens is 312 g/mol. The van der Waals surface area contributed by atoms with Gasteiger partial charge in [0, 0.05) is 6.42 Å². The summed E-state index contributed by atoms with van der Waals surface area (Å²) in [6.45, 7) is 2.09. The highest BCUT2D eigenvalue weighted by Crippen LogP contribution is 2.26. The maximum absolute atomic E-state index is 11.8. The van der Waals surface area contributed by atoms with Crippen molar-refractivity contribution in [1.29, 1.82) is 0 Å². The van der Waals surface area contributed by atoms with E-state index >= 15 is 0 Å². The quantitative estimate of drug-likeness (QED) is 0.881. The van der Waals surface area contributed by atoms with Crippen molar-refractivity contribution >= 4 is 34.8 Å². The van der Waals surface area contributed by atoms with E-state index in [0.29, 0.717) is 28.2 Å². The molecule has 3 rings (SSSR count). The van der Waals surface area contributed by atoms with Crippen LogP contribution in [0.4, 0.5) is 5.13 Å². The fourth-order valence-electron chi connectivity index (χ4n) is 2.25. The second kappa shape index (κ2) is 7.53. The minimum absolute atomic E-state index is 0. The number of aromatic nitrogens is 2. The van der Waals surface area contributed by atoms with Crippen molar-refractivity contribution in [3.8, 4) is 10.8 Å². The number of nitrogens with zero attached hydrogens (tertiary/aromatic N) is 2. The Bertz CT molecular complexity index is 566. The van der Waals surface area contributed by atoms with Gasteiger partial charge in [0.05, 0.1) is 6.26 Å². The third kappa shape index (κ3) is 4.26. The molecule has 0 spiro atoms. The van der Waals surface area contributed by atoms with Crippen LogP contribution < -0.4 is 10.6 Å². The van der Waals surface area contributed by atoms with Crippen LogP contribution in [0.5, 0.6) is 0 Å². The van der Waals surface area contributed by atoms with Crippen LogP contribution in [0.15, 0.2) is 22.8 Å². The Hall–Kier alpha value is -1.44. The lowest BCUT2D eigenvalue weighted by Crippen LogP contribution is -2.14. The van der Waals surface area contributed by atoms with Gasteiger partial charge in [-0.05, 0) is 44.0 Å². The molecule has 0 bridgehead atoms. The summed E-state index contributed by atoms with van der Waals surface area (Å²) in [7, 11) is 0. The number of hydrogen-bond donors (Lipinski definition) is 2. The fraction of sp³-hybridized carbons (Fsp3) is 0.462. The smallest absolute Gasteiger partial charge is 0.226 e. The Labute approximate surface area is 132 Å². The molecule has 2 aromatic heterocycles. The SMILES string of the molecule is Cl.O=C(CCC1CCNC1)Nc1nnc(-c2ccco2)s1. The molecule has 1 unspecified atom stereocenters. The predicted molar refractivity (Wildman–Crippen MR) is 83.7 cm³/mol. The van der Waals surface area contributed by atoms with Crippen molar-refractivity contribution in [2.45, 2.75) is 19.3 Å². The fourth-order valence-corrected chi connectivity index (χ4v) is 2.98. The summed E-state index contributed by atoms with van der Waals surface area (Å²) in [5, 5.41) is 15.2. The molecule has 0 aliphatic carbocycles. The molecule has 0 aromatic carbocycles. The molecule has 8 heteroatoms. The van der Waals surface area contributed by atoms with Gasteiger partial charge in [-0.2, -0.15) is 0 Å². The molecule has 0 saturated carbocycles. The Morgan fingerprint density at radius 1 is 1.52 bits per heavy atom. The van der Waals surface area contributed by atoms with E-state index in [1.807, 2.05) is 6.07 Å². The monoisotopic (exact) mass is 328 g/mol. The van der Waals surface area contributed by atoms with Crippen molar-refractivity contribution < 1.29 is 9.21 Å². The number of anilines is 1. The molecule has 2 N–H and O–H groups in total. The van der Waals surface area contributed by atoms with Gasteiger partial charge in [0.15, 0.2) is 10.8 Å². The van der Waals surface area contributed by atoms with Crippen LogP contribution in [0.25, 0.3) is 10.8 Å². The number of amides is 1. The zero-order valence-electron chi connectivity index (χ0n) is 11.4. The third-order valence-electron chi connectivity index (χ3n) is 3.35. The summed E-state index contributed by atoms with van der Waals surface area (Å²) in [5.41, 5.74) is 0. The standard InChI is InChI=1S/C13H16N4O2S.ClH/c18-11(4-3-9-5-6-14-8-9)15-13-17-16-12(20-13)10-2-1-7-19-10;/h1-2,7,9,14H,3-6,8H2,(H,15,17,18);1H. The maximum atomic E-state index is 11.8. The normalized spacial score (nSPS) is 17.4. The molecule has 1 saturated heterocycles. The molecule has 6 nitrogen and oxygen atoms in total. The first kappa shape index (κ1) is 15.9. The average molecular weight is 329 g/mol. The number of hydrogen-bond acceptors (Lipinski definition) is 6. The first-order valence-corrected chi connectivity index (χ1v) is 7.51. The molecule has 1 fully saturated rings. The molecule has 1 atom stereocenters. The van der Waals surface area contributed by atoms with E-state index in [-0.39, 0.29) is 18.3 Å². The molecule has 1 aliphatic rings. The van der Waals surface area contributed by atoms with Gasteiger partial charge in [-0.25, -0.2) is 0 Å². The highest BCUT2D eigenvalue weighted by molar-refractivity contribution is 7.18. The Morgan fingerprint density at radius 2 is 2.43 bits per heavy atom. The van der Waals surface area contributed by atoms with Crippen molar-refractivity contribution in [3.05, 3.63) is 18.4 Å². The van der Waals surface area contributed by atoms with Gasteiger partial charge in [0.1, 0.15) is 0 Å². The zero-order chi connectivity index (χ0) is 13.8. The number of furan rings is 1. The summed E-state index contributed by atoms with van der Waals surface area (Å²) in [4.78, 5) is 11.8. The van der Waals surface area contributed by atoms with Gasteiger partial charge in [0.25, 0.3) is 0 Å². The maximum Gasteiger partial charge on any atom is 0.226 e. The minimum Gasteiger partial charge on any atom is -0.462 e. The lowest BCUT2D eigenvalue weighted by atomic mass is 10.0. The highest BCUT2D eigenvalue weighted by Gasteiger charge is 2.16. The minimum atomic E-state index is -0.000884. The third-order valence-corrected chi connectivity index (χ3v) is 4.20. The topological polar surface area (TPSA) is 80.0 Å². The number of halogens is 1. The predicted octanol–water partition coefficient (Wildman–Crippen LogP) is 2.55. The number of carbonyl (C=O) groups is 1. The van der Waals surface area contributed by atoms with E-state index < -0.39 is 0 Å². The summed E-state index contributed by atoms with van der Waals surface area (Å²) in [6.07, 6.45) is 4.20. The molecule has 1 amide bonds. The van der Waals surface area contributed by atoms with Crippen LogP contribution in [-0.4, -0.2) is 29.2 Å². The Balaban J connectivity index is 0.00000161. The van der Waals surface area contributed by atoms with E-state index in [1.165, 1.54) is 11.3 Å². The largest absolute Gasteiger partial charge is 0.462 e. The van der Waals surface area contributed by atoms with E-state index in [9.17, 15) is 4.79 Å². The average Bonchev–Trinajstić information content (AvgIpc) is 3.18. The van der Waals surface area contributed by atoms with Crippen molar-refractivity contribution in [2.24, 2.45) is 5.92 Å².